The molecule has 120 valence electrons. The molecule has 0 aliphatic rings. The van der Waals surface area contributed by atoms with Gasteiger partial charge in [-0.1, -0.05) is 5.92 Å². The number of aromatic nitrogens is 1. The monoisotopic (exact) mass is 333 g/mol. The lowest BCUT2D eigenvalue weighted by molar-refractivity contribution is -0.124. The summed E-state index contributed by atoms with van der Waals surface area (Å²) in [6, 6.07) is 2.93. The first-order valence-electron chi connectivity index (χ1n) is 6.29. The van der Waals surface area contributed by atoms with Gasteiger partial charge in [0.25, 0.3) is 15.9 Å². The van der Waals surface area contributed by atoms with E-state index in [1.165, 1.54) is 48.2 Å². The molecule has 0 radical (unpaired) electrons. The molecule has 0 bridgehead atoms. The molecule has 0 aliphatic heterocycles. The van der Waals surface area contributed by atoms with Crippen LogP contribution in [0.15, 0.2) is 65.0 Å². The minimum absolute atomic E-state index is 0.0356. The number of nitrogens with one attached hydrogen (secondary N) is 2. The third kappa shape index (κ3) is 6.17. The Bertz CT molecular complexity index is 788. The van der Waals surface area contributed by atoms with Crippen LogP contribution in [-0.2, 0) is 14.8 Å². The van der Waals surface area contributed by atoms with Crippen LogP contribution >= 0.6 is 0 Å². The summed E-state index contributed by atoms with van der Waals surface area (Å²) in [6.45, 7) is 1.54. The van der Waals surface area contributed by atoms with Gasteiger partial charge in [0.05, 0.1) is 0 Å². The molecule has 0 fully saturated rings. The van der Waals surface area contributed by atoms with Crippen molar-refractivity contribution in [1.82, 2.24) is 15.2 Å². The lowest BCUT2D eigenvalue weighted by atomic mass is 10.2. The highest BCUT2D eigenvalue weighted by atomic mass is 32.2. The minimum atomic E-state index is -3.72. The van der Waals surface area contributed by atoms with Gasteiger partial charge in [0.15, 0.2) is 0 Å². The van der Waals surface area contributed by atoms with Crippen molar-refractivity contribution < 1.29 is 18.4 Å². The fraction of sp³-hybridized carbons (Fsp3) is 0.0667. The summed E-state index contributed by atoms with van der Waals surface area (Å²) in [5.74, 6) is 1.58. The maximum atomic E-state index is 12.1. The number of terminal acetylenes is 1. The SMILES string of the molecule is C#CC(=C\C=C(/C)NS(=O)(=O)c1cccnc1)/C=C/C(=O)NO. The molecule has 0 saturated heterocycles. The molecular weight excluding hydrogens is 318 g/mol. The van der Waals surface area contributed by atoms with Crippen LogP contribution in [-0.4, -0.2) is 24.5 Å². The first-order valence-corrected chi connectivity index (χ1v) is 7.77. The van der Waals surface area contributed by atoms with Crippen LogP contribution in [0.3, 0.4) is 0 Å². The largest absolute Gasteiger partial charge is 0.288 e. The number of hydroxylamine groups is 1. The second kappa shape index (κ2) is 8.53. The fourth-order valence-corrected chi connectivity index (χ4v) is 2.45. The summed E-state index contributed by atoms with van der Waals surface area (Å²) in [7, 11) is -3.72. The summed E-state index contributed by atoms with van der Waals surface area (Å²) < 4.78 is 26.5. The smallest absolute Gasteiger partial charge is 0.267 e. The molecule has 0 unspecified atom stereocenters. The Balaban J connectivity index is 2.88. The van der Waals surface area contributed by atoms with Gasteiger partial charge in [0, 0.05) is 29.7 Å². The van der Waals surface area contributed by atoms with E-state index in [1.807, 2.05) is 0 Å². The van der Waals surface area contributed by atoms with Crippen molar-refractivity contribution in [2.75, 3.05) is 0 Å². The van der Waals surface area contributed by atoms with Crippen molar-refractivity contribution in [2.24, 2.45) is 0 Å². The van der Waals surface area contributed by atoms with Crippen molar-refractivity contribution in [3.8, 4) is 12.3 Å². The topological polar surface area (TPSA) is 108 Å². The third-order valence-electron chi connectivity index (χ3n) is 2.44. The predicted octanol–water partition coefficient (Wildman–Crippen LogP) is 0.885. The summed E-state index contributed by atoms with van der Waals surface area (Å²) >= 11 is 0. The fourth-order valence-electron chi connectivity index (χ4n) is 1.38. The quantitative estimate of drug-likeness (QED) is 0.235. The zero-order valence-corrected chi connectivity index (χ0v) is 13.0. The van der Waals surface area contributed by atoms with E-state index in [0.717, 1.165) is 6.08 Å². The average molecular weight is 333 g/mol. The predicted molar refractivity (Wildman–Crippen MR) is 84.3 cm³/mol. The number of pyridine rings is 1. The second-order valence-corrected chi connectivity index (χ2v) is 5.90. The van der Waals surface area contributed by atoms with E-state index < -0.39 is 15.9 Å². The number of amides is 1. The highest BCUT2D eigenvalue weighted by Crippen LogP contribution is 2.07. The van der Waals surface area contributed by atoms with Gasteiger partial charge in [-0.05, 0) is 37.3 Å². The van der Waals surface area contributed by atoms with E-state index in [0.29, 0.717) is 11.3 Å². The molecule has 0 spiro atoms. The van der Waals surface area contributed by atoms with E-state index in [9.17, 15) is 13.2 Å². The standard InChI is InChI=1S/C15H15N3O4S/c1-3-13(8-9-15(19)17-20)7-6-12(2)18-23(21,22)14-5-4-10-16-11-14/h1,4-11,18,20H,2H3,(H,17,19)/b9-8+,12-6+,13-7+. The number of nitrogens with zero attached hydrogens (tertiary/aromatic N) is 1. The van der Waals surface area contributed by atoms with Crippen LogP contribution in [0.4, 0.5) is 0 Å². The van der Waals surface area contributed by atoms with Crippen molar-refractivity contribution >= 4 is 15.9 Å². The number of hydrogen-bond acceptors (Lipinski definition) is 5. The molecule has 1 rings (SSSR count). The normalized spacial score (nSPS) is 12.7. The molecule has 0 atom stereocenters. The summed E-state index contributed by atoms with van der Waals surface area (Å²) in [5, 5.41) is 8.36. The molecule has 0 aromatic carbocycles. The second-order valence-electron chi connectivity index (χ2n) is 4.22. The highest BCUT2D eigenvalue weighted by molar-refractivity contribution is 7.89. The molecule has 3 N–H and O–H groups in total. The molecule has 0 saturated carbocycles. The Morgan fingerprint density at radius 1 is 1.39 bits per heavy atom. The molecule has 1 aromatic heterocycles. The number of sulfonamides is 1. The Labute approximate surface area is 134 Å². The number of hydrogen-bond donors (Lipinski definition) is 3. The Hall–Kier alpha value is -2.89. The van der Waals surface area contributed by atoms with Gasteiger partial charge in [-0.3, -0.25) is 19.7 Å². The number of rotatable bonds is 6. The molecule has 7 nitrogen and oxygen atoms in total. The van der Waals surface area contributed by atoms with Crippen molar-refractivity contribution in [2.45, 2.75) is 11.8 Å². The van der Waals surface area contributed by atoms with E-state index in [2.05, 4.69) is 15.6 Å². The van der Waals surface area contributed by atoms with Crippen LogP contribution in [0.5, 0.6) is 0 Å². The van der Waals surface area contributed by atoms with Gasteiger partial charge in [0.2, 0.25) is 0 Å². The Morgan fingerprint density at radius 2 is 2.13 bits per heavy atom. The van der Waals surface area contributed by atoms with Gasteiger partial charge in [-0.15, -0.1) is 6.42 Å². The summed E-state index contributed by atoms with van der Waals surface area (Å²) in [6.07, 6.45) is 13.2. The van der Waals surface area contributed by atoms with E-state index >= 15 is 0 Å². The van der Waals surface area contributed by atoms with Crippen LogP contribution in [0, 0.1) is 12.3 Å². The minimum Gasteiger partial charge on any atom is -0.288 e. The van der Waals surface area contributed by atoms with Gasteiger partial charge < -0.3 is 0 Å². The maximum absolute atomic E-state index is 12.1. The van der Waals surface area contributed by atoms with Gasteiger partial charge in [-0.25, -0.2) is 13.9 Å². The lowest BCUT2D eigenvalue weighted by Gasteiger charge is -2.07. The number of allylic oxidation sites excluding steroid dienone is 5. The molecule has 1 amide bonds. The van der Waals surface area contributed by atoms with Gasteiger partial charge in [-0.2, -0.15) is 0 Å². The van der Waals surface area contributed by atoms with Crippen molar-refractivity contribution in [3.05, 3.63) is 60.1 Å². The molecule has 1 heterocycles. The van der Waals surface area contributed by atoms with E-state index in [-0.39, 0.29) is 4.90 Å². The maximum Gasteiger partial charge on any atom is 0.267 e. The van der Waals surface area contributed by atoms with Crippen LogP contribution in [0.1, 0.15) is 6.92 Å². The summed E-state index contributed by atoms with van der Waals surface area (Å²) in [4.78, 5) is 14.6. The van der Waals surface area contributed by atoms with Crippen LogP contribution in [0.25, 0.3) is 0 Å². The van der Waals surface area contributed by atoms with Gasteiger partial charge >= 0.3 is 0 Å². The van der Waals surface area contributed by atoms with E-state index in [4.69, 9.17) is 11.6 Å². The van der Waals surface area contributed by atoms with Crippen molar-refractivity contribution in [3.63, 3.8) is 0 Å². The first kappa shape index (κ1) is 18.2. The molecule has 23 heavy (non-hydrogen) atoms. The number of carbonyl (C=O) groups is 1. The molecular formula is C15H15N3O4S. The Kier molecular flexibility index (Phi) is 6.73. The zero-order chi connectivity index (χ0) is 17.3. The summed E-state index contributed by atoms with van der Waals surface area (Å²) in [5.41, 5.74) is 2.06. The third-order valence-corrected chi connectivity index (χ3v) is 3.90. The molecule has 8 heteroatoms. The van der Waals surface area contributed by atoms with Crippen LogP contribution in [0.2, 0.25) is 0 Å². The molecule has 0 aliphatic carbocycles. The Morgan fingerprint density at radius 3 is 2.70 bits per heavy atom. The van der Waals surface area contributed by atoms with E-state index in [1.54, 1.807) is 6.92 Å². The lowest BCUT2D eigenvalue weighted by Crippen LogP contribution is -2.21. The number of carbonyl (C=O) groups excluding carboxylic acids is 1. The average Bonchev–Trinajstić information content (AvgIpc) is 2.55. The van der Waals surface area contributed by atoms with Crippen molar-refractivity contribution in [1.29, 1.82) is 0 Å². The van der Waals surface area contributed by atoms with Crippen LogP contribution < -0.4 is 10.2 Å². The zero-order valence-electron chi connectivity index (χ0n) is 12.2. The highest BCUT2D eigenvalue weighted by Gasteiger charge is 2.13. The first-order chi connectivity index (χ1) is 10.9. The van der Waals surface area contributed by atoms with Gasteiger partial charge in [0.1, 0.15) is 4.90 Å². The molecule has 1 aromatic rings.